The molecule has 64 heavy (non-hydrogen) atoms. The van der Waals surface area contributed by atoms with Crippen molar-refractivity contribution in [3.63, 3.8) is 0 Å². The van der Waals surface area contributed by atoms with Crippen molar-refractivity contribution in [1.29, 1.82) is 0 Å². The van der Waals surface area contributed by atoms with E-state index in [0.717, 1.165) is 17.1 Å². The first kappa shape index (κ1) is 37.7. The van der Waals surface area contributed by atoms with Crippen LogP contribution in [0.3, 0.4) is 0 Å². The van der Waals surface area contributed by atoms with Gasteiger partial charge in [0.2, 0.25) is 0 Å². The zero-order chi connectivity index (χ0) is 42.4. The smallest absolute Gasteiger partial charge is 0.0540 e. The van der Waals surface area contributed by atoms with Crippen molar-refractivity contribution in [2.24, 2.45) is 0 Å². The average molecular weight is 832 g/mol. The lowest BCUT2D eigenvalue weighted by Crippen LogP contribution is -2.11. The summed E-state index contributed by atoms with van der Waals surface area (Å²) in [6, 6.07) is 90.9. The van der Waals surface area contributed by atoms with Gasteiger partial charge < -0.3 is 4.90 Å². The molecular formula is C62H41NS. The monoisotopic (exact) mass is 831 g/mol. The van der Waals surface area contributed by atoms with Crippen molar-refractivity contribution in [2.45, 2.75) is 0 Å². The molecule has 12 rings (SSSR count). The van der Waals surface area contributed by atoms with Gasteiger partial charge in [-0.25, -0.2) is 0 Å². The third kappa shape index (κ3) is 6.73. The van der Waals surface area contributed by atoms with Gasteiger partial charge in [0.05, 0.1) is 5.69 Å². The zero-order valence-electron chi connectivity index (χ0n) is 35.0. The Hall–Kier alpha value is -8.04. The lowest BCUT2D eigenvalue weighted by molar-refractivity contribution is 1.28. The highest BCUT2D eigenvalue weighted by Gasteiger charge is 2.20. The summed E-state index contributed by atoms with van der Waals surface area (Å²) in [7, 11) is 0. The molecule has 0 atom stereocenters. The fraction of sp³-hybridized carbons (Fsp3) is 0. The van der Waals surface area contributed by atoms with Gasteiger partial charge in [0.25, 0.3) is 0 Å². The molecule has 1 nitrogen and oxygen atoms in total. The Morgan fingerprint density at radius 3 is 1.50 bits per heavy atom. The summed E-state index contributed by atoms with van der Waals surface area (Å²) in [4.78, 5) is 2.42. The second kappa shape index (κ2) is 16.0. The Morgan fingerprint density at radius 1 is 0.266 bits per heavy atom. The minimum Gasteiger partial charge on any atom is -0.310 e. The molecule has 0 aliphatic rings. The maximum Gasteiger partial charge on any atom is 0.0540 e. The minimum absolute atomic E-state index is 1.09. The Bertz CT molecular complexity index is 3650. The molecule has 1 aromatic heterocycles. The molecule has 0 amide bonds. The van der Waals surface area contributed by atoms with Crippen LogP contribution in [0.5, 0.6) is 0 Å². The molecule has 0 aliphatic heterocycles. The molecule has 0 bridgehead atoms. The molecule has 0 radical (unpaired) electrons. The summed E-state index contributed by atoms with van der Waals surface area (Å²) < 4.78 is 2.61. The Kier molecular flexibility index (Phi) is 9.43. The number of anilines is 3. The molecular weight excluding hydrogens is 791 g/mol. The fourth-order valence-electron chi connectivity index (χ4n) is 9.54. The predicted octanol–water partition coefficient (Wildman–Crippen LogP) is 18.2. The van der Waals surface area contributed by atoms with Gasteiger partial charge in [0.1, 0.15) is 0 Å². The molecule has 300 valence electrons. The topological polar surface area (TPSA) is 3.24 Å². The lowest BCUT2D eigenvalue weighted by atomic mass is 9.93. The van der Waals surface area contributed by atoms with Crippen molar-refractivity contribution in [3.8, 4) is 55.6 Å². The van der Waals surface area contributed by atoms with Gasteiger partial charge in [-0.1, -0.05) is 206 Å². The Morgan fingerprint density at radius 2 is 0.734 bits per heavy atom. The molecule has 1 heterocycles. The number of thiophene rings is 1. The van der Waals surface area contributed by atoms with E-state index < -0.39 is 0 Å². The van der Waals surface area contributed by atoms with E-state index in [0.29, 0.717) is 0 Å². The quantitative estimate of drug-likeness (QED) is 0.147. The van der Waals surface area contributed by atoms with E-state index in [1.807, 2.05) is 11.3 Å². The van der Waals surface area contributed by atoms with E-state index in [-0.39, 0.29) is 0 Å². The van der Waals surface area contributed by atoms with Gasteiger partial charge in [-0.15, -0.1) is 11.3 Å². The van der Waals surface area contributed by atoms with Crippen LogP contribution in [0.4, 0.5) is 17.1 Å². The van der Waals surface area contributed by atoms with Crippen LogP contribution in [-0.2, 0) is 0 Å². The normalized spacial score (nSPS) is 11.4. The van der Waals surface area contributed by atoms with Gasteiger partial charge in [0, 0.05) is 42.7 Å². The Balaban J connectivity index is 0.954. The average Bonchev–Trinajstić information content (AvgIpc) is 3.76. The standard InChI is InChI=1S/C62H41NS/c1-2-15-48-41-49(32-29-42(48)13-1)55-19-6-5-18-53(55)47-35-39-51(40-36-47)63(60-25-9-7-20-56(60)58-23-12-24-59-57-21-8-10-26-61(57)64-62(58)59)50-37-33-44(34-38-50)43-27-30-46(31-28-43)54-22-11-16-45-14-3-4-17-52(45)54/h1-41H. The van der Waals surface area contributed by atoms with Crippen LogP contribution in [0.15, 0.2) is 249 Å². The molecule has 0 fully saturated rings. The third-order valence-electron chi connectivity index (χ3n) is 12.7. The fourth-order valence-corrected chi connectivity index (χ4v) is 10.8. The highest BCUT2D eigenvalue weighted by atomic mass is 32.1. The van der Waals surface area contributed by atoms with Crippen molar-refractivity contribution >= 4 is 70.1 Å². The second-order valence-electron chi connectivity index (χ2n) is 16.4. The summed E-state index contributed by atoms with van der Waals surface area (Å²) in [5.74, 6) is 0. The number of hydrogen-bond acceptors (Lipinski definition) is 2. The second-order valence-corrected chi connectivity index (χ2v) is 17.5. The first-order valence-electron chi connectivity index (χ1n) is 21.9. The molecule has 0 aliphatic carbocycles. The van der Waals surface area contributed by atoms with Crippen LogP contribution in [0, 0.1) is 0 Å². The first-order chi connectivity index (χ1) is 31.7. The molecule has 0 spiro atoms. The number of fused-ring (bicyclic) bond motifs is 5. The first-order valence-corrected chi connectivity index (χ1v) is 22.7. The van der Waals surface area contributed by atoms with E-state index in [4.69, 9.17) is 0 Å². The van der Waals surface area contributed by atoms with E-state index >= 15 is 0 Å². The molecule has 11 aromatic carbocycles. The highest BCUT2D eigenvalue weighted by Crippen LogP contribution is 2.47. The zero-order valence-corrected chi connectivity index (χ0v) is 35.8. The van der Waals surface area contributed by atoms with E-state index in [9.17, 15) is 0 Å². The Labute approximate surface area is 377 Å². The molecule has 0 saturated carbocycles. The van der Waals surface area contributed by atoms with E-state index in [1.54, 1.807) is 0 Å². The van der Waals surface area contributed by atoms with Crippen molar-refractivity contribution < 1.29 is 0 Å². The number of benzene rings is 11. The SMILES string of the molecule is c1ccc(-c2ccc3ccccc3c2)c(-c2ccc(N(c3ccc(-c4ccc(-c5cccc6ccccc56)cc4)cc3)c3ccccc3-c3cccc4c3sc3ccccc34)cc2)c1. The van der Waals surface area contributed by atoms with Crippen LogP contribution in [0.1, 0.15) is 0 Å². The van der Waals surface area contributed by atoms with Crippen molar-refractivity contribution in [1.82, 2.24) is 0 Å². The summed E-state index contributed by atoms with van der Waals surface area (Å²) in [5, 5.41) is 7.62. The molecule has 12 aromatic rings. The van der Waals surface area contributed by atoms with E-state index in [2.05, 4.69) is 254 Å². The van der Waals surface area contributed by atoms with Gasteiger partial charge in [-0.3, -0.25) is 0 Å². The summed E-state index contributed by atoms with van der Waals surface area (Å²) >= 11 is 1.88. The van der Waals surface area contributed by atoms with Gasteiger partial charge in [-0.2, -0.15) is 0 Å². The number of para-hydroxylation sites is 1. The van der Waals surface area contributed by atoms with Crippen LogP contribution in [0.25, 0.3) is 97.4 Å². The molecule has 0 saturated heterocycles. The number of hydrogen-bond donors (Lipinski definition) is 0. The van der Waals surface area contributed by atoms with Crippen LogP contribution in [-0.4, -0.2) is 0 Å². The maximum absolute atomic E-state index is 2.42. The molecule has 0 N–H and O–H groups in total. The summed E-state index contributed by atoms with van der Waals surface area (Å²) in [5.41, 5.74) is 15.4. The van der Waals surface area contributed by atoms with Crippen molar-refractivity contribution in [3.05, 3.63) is 249 Å². The van der Waals surface area contributed by atoms with Gasteiger partial charge in [0.15, 0.2) is 0 Å². The lowest BCUT2D eigenvalue weighted by Gasteiger charge is -2.28. The van der Waals surface area contributed by atoms with Gasteiger partial charge >= 0.3 is 0 Å². The predicted molar refractivity (Wildman–Crippen MR) is 276 cm³/mol. The van der Waals surface area contributed by atoms with Crippen LogP contribution in [0.2, 0.25) is 0 Å². The van der Waals surface area contributed by atoms with Crippen molar-refractivity contribution in [2.75, 3.05) is 4.90 Å². The highest BCUT2D eigenvalue weighted by molar-refractivity contribution is 7.26. The summed E-state index contributed by atoms with van der Waals surface area (Å²) in [6.45, 7) is 0. The summed E-state index contributed by atoms with van der Waals surface area (Å²) in [6.07, 6.45) is 0. The maximum atomic E-state index is 2.42. The number of rotatable bonds is 8. The minimum atomic E-state index is 1.09. The van der Waals surface area contributed by atoms with Crippen LogP contribution >= 0.6 is 11.3 Å². The van der Waals surface area contributed by atoms with Crippen LogP contribution < -0.4 is 4.90 Å². The number of nitrogens with zero attached hydrogens (tertiary/aromatic N) is 1. The van der Waals surface area contributed by atoms with Gasteiger partial charge in [-0.05, 0) is 109 Å². The molecule has 0 unspecified atom stereocenters. The third-order valence-corrected chi connectivity index (χ3v) is 13.9. The largest absolute Gasteiger partial charge is 0.310 e. The van der Waals surface area contributed by atoms with E-state index in [1.165, 1.54) is 97.4 Å². The molecule has 2 heteroatoms.